The van der Waals surface area contributed by atoms with Gasteiger partial charge >= 0.3 is 5.97 Å². The molecule has 2 N–H and O–H groups in total. The summed E-state index contributed by atoms with van der Waals surface area (Å²) in [5.74, 6) is -6.83. The van der Waals surface area contributed by atoms with E-state index in [4.69, 9.17) is 11.6 Å². The van der Waals surface area contributed by atoms with E-state index >= 15 is 0 Å². The van der Waals surface area contributed by atoms with Gasteiger partial charge in [0.25, 0.3) is 5.91 Å². The second kappa shape index (κ2) is 6.66. The second-order valence-corrected chi connectivity index (χ2v) is 6.56. The minimum atomic E-state index is -1.31. The highest BCUT2D eigenvalue weighted by atomic mass is 35.5. The molecule has 0 aliphatic rings. The average molecular weight is 394 g/mol. The topological polar surface area (TPSA) is 79.5 Å². The van der Waals surface area contributed by atoms with Gasteiger partial charge in [-0.25, -0.2) is 8.78 Å². The van der Waals surface area contributed by atoms with Gasteiger partial charge in [0.15, 0.2) is 17.4 Å². The lowest BCUT2D eigenvalue weighted by Crippen LogP contribution is -2.15. The third-order valence-electron chi connectivity index (χ3n) is 4.51. The first-order chi connectivity index (χ1) is 12.6. The van der Waals surface area contributed by atoms with Gasteiger partial charge in [0.05, 0.1) is 11.4 Å². The van der Waals surface area contributed by atoms with Gasteiger partial charge in [-0.15, -0.1) is 0 Å². The maximum atomic E-state index is 14.6. The van der Waals surface area contributed by atoms with Crippen molar-refractivity contribution in [3.63, 3.8) is 0 Å². The zero-order valence-electron chi connectivity index (χ0n) is 14.3. The van der Waals surface area contributed by atoms with Crippen LogP contribution in [0.2, 0.25) is 5.02 Å². The van der Waals surface area contributed by atoms with Crippen LogP contribution in [0.5, 0.6) is 5.75 Å². The van der Waals surface area contributed by atoms with Crippen molar-refractivity contribution in [3.05, 3.63) is 63.8 Å². The highest BCUT2D eigenvalue weighted by Gasteiger charge is 2.30. The fraction of sp³-hybridized carbons (Fsp3) is 0.158. The van der Waals surface area contributed by atoms with E-state index in [2.05, 4.69) is 0 Å². The number of aromatic nitrogens is 1. The number of aromatic hydroxyl groups is 1. The first-order valence-electron chi connectivity index (χ1n) is 7.90. The lowest BCUT2D eigenvalue weighted by atomic mass is 9.97. The van der Waals surface area contributed by atoms with E-state index in [9.17, 15) is 28.6 Å². The van der Waals surface area contributed by atoms with E-state index in [1.165, 1.54) is 38.1 Å². The minimum Gasteiger partial charge on any atom is -0.503 e. The zero-order chi connectivity index (χ0) is 20.0. The summed E-state index contributed by atoms with van der Waals surface area (Å²) >= 11 is 5.82. The van der Waals surface area contributed by atoms with Crippen LogP contribution in [-0.4, -0.2) is 26.7 Å². The Balaban J connectivity index is 2.39. The molecule has 1 heterocycles. The molecule has 0 aliphatic carbocycles. The molecule has 8 heteroatoms. The van der Waals surface area contributed by atoms with Gasteiger partial charge in [-0.2, -0.15) is 0 Å². The zero-order valence-corrected chi connectivity index (χ0v) is 15.0. The Kier molecular flexibility index (Phi) is 4.65. The number of carbonyl (C=O) groups excluding carboxylic acids is 1. The molecule has 1 atom stereocenters. The highest BCUT2D eigenvalue weighted by molar-refractivity contribution is 6.30. The number of carboxylic acid groups (broad SMARTS) is 1. The van der Waals surface area contributed by atoms with Crippen molar-refractivity contribution >= 4 is 34.4 Å². The van der Waals surface area contributed by atoms with Gasteiger partial charge in [-0.1, -0.05) is 11.6 Å². The normalized spacial score (nSPS) is 12.3. The molecule has 27 heavy (non-hydrogen) atoms. The van der Waals surface area contributed by atoms with Crippen molar-refractivity contribution in [2.75, 3.05) is 0 Å². The Labute approximate surface area is 157 Å². The third-order valence-corrected chi connectivity index (χ3v) is 4.76. The Bertz CT molecular complexity index is 1090. The summed E-state index contributed by atoms with van der Waals surface area (Å²) in [7, 11) is 0. The second-order valence-electron chi connectivity index (χ2n) is 6.12. The monoisotopic (exact) mass is 393 g/mol. The molecular weight excluding hydrogens is 380 g/mol. The van der Waals surface area contributed by atoms with Crippen LogP contribution in [-0.2, 0) is 4.79 Å². The average Bonchev–Trinajstić information content (AvgIpc) is 2.91. The number of carboxylic acids is 1. The molecule has 0 radical (unpaired) electrons. The summed E-state index contributed by atoms with van der Waals surface area (Å²) < 4.78 is 29.6. The van der Waals surface area contributed by atoms with E-state index in [1.807, 2.05) is 0 Å². The van der Waals surface area contributed by atoms with Crippen LogP contribution in [0.3, 0.4) is 0 Å². The fourth-order valence-corrected chi connectivity index (χ4v) is 3.27. The number of carbonyl (C=O) groups is 2. The number of aliphatic carboxylic acids is 1. The number of halogens is 3. The summed E-state index contributed by atoms with van der Waals surface area (Å²) in [4.78, 5) is 24.4. The number of nitrogens with zero attached hydrogens (tertiary/aromatic N) is 1. The first-order valence-corrected chi connectivity index (χ1v) is 8.27. The Morgan fingerprint density at radius 1 is 1.19 bits per heavy atom. The van der Waals surface area contributed by atoms with Gasteiger partial charge in [-0.3, -0.25) is 14.2 Å². The van der Waals surface area contributed by atoms with Crippen LogP contribution in [0.25, 0.3) is 10.9 Å². The van der Waals surface area contributed by atoms with Gasteiger partial charge in [-0.05, 0) is 43.7 Å². The molecule has 0 fully saturated rings. The molecule has 0 saturated carbocycles. The van der Waals surface area contributed by atoms with Crippen molar-refractivity contribution in [1.82, 2.24) is 4.57 Å². The molecule has 2 aromatic carbocycles. The molecular formula is C19H14ClF2NO4. The van der Waals surface area contributed by atoms with E-state index in [1.54, 1.807) is 0 Å². The smallest absolute Gasteiger partial charge is 0.310 e. The number of rotatable bonds is 3. The third kappa shape index (κ3) is 2.94. The Morgan fingerprint density at radius 3 is 2.33 bits per heavy atom. The highest BCUT2D eigenvalue weighted by Crippen LogP contribution is 2.38. The molecule has 0 amide bonds. The lowest BCUT2D eigenvalue weighted by molar-refractivity contribution is -0.138. The number of fused-ring (bicyclic) bond motifs is 1. The van der Waals surface area contributed by atoms with E-state index < -0.39 is 35.2 Å². The molecule has 1 aromatic heterocycles. The SMILES string of the molecule is Cc1c([C@H](C)C(=O)O)c2c(F)c(O)c(F)cc2n1C(=O)c1ccc(Cl)cc1. The van der Waals surface area contributed by atoms with E-state index in [0.717, 1.165) is 10.6 Å². The summed E-state index contributed by atoms with van der Waals surface area (Å²) in [5.41, 5.74) is 0.169. The molecule has 0 aliphatic heterocycles. The van der Waals surface area contributed by atoms with Crippen LogP contribution < -0.4 is 0 Å². The predicted octanol–water partition coefficient (Wildman–Crippen LogP) is 4.46. The van der Waals surface area contributed by atoms with Crippen LogP contribution in [0.1, 0.15) is 34.5 Å². The van der Waals surface area contributed by atoms with Crippen molar-refractivity contribution in [2.24, 2.45) is 0 Å². The largest absolute Gasteiger partial charge is 0.503 e. The summed E-state index contributed by atoms with van der Waals surface area (Å²) in [5, 5.41) is 19.1. The van der Waals surface area contributed by atoms with Crippen LogP contribution in [0.4, 0.5) is 8.78 Å². The van der Waals surface area contributed by atoms with Crippen LogP contribution >= 0.6 is 11.6 Å². The van der Waals surface area contributed by atoms with Crippen molar-refractivity contribution in [3.8, 4) is 5.75 Å². The number of phenols is 1. The van der Waals surface area contributed by atoms with Gasteiger partial charge < -0.3 is 10.2 Å². The van der Waals surface area contributed by atoms with E-state index in [-0.39, 0.29) is 27.7 Å². The number of hydrogen-bond acceptors (Lipinski definition) is 3. The molecule has 0 unspecified atom stereocenters. The molecule has 5 nitrogen and oxygen atoms in total. The molecule has 0 spiro atoms. The summed E-state index contributed by atoms with van der Waals surface area (Å²) in [6.45, 7) is 2.76. The molecule has 3 rings (SSSR count). The standard InChI is InChI=1S/C19H14ClF2NO4/c1-8(19(26)27)14-9(2)23(18(25)10-3-5-11(20)6-4-10)13-7-12(21)17(24)16(22)15(13)14/h3-8,24H,1-2H3,(H,26,27)/t8-/m0/s1. The van der Waals surface area contributed by atoms with Crippen LogP contribution in [0.15, 0.2) is 30.3 Å². The Morgan fingerprint density at radius 2 is 1.78 bits per heavy atom. The quantitative estimate of drug-likeness (QED) is 0.688. The van der Waals surface area contributed by atoms with Crippen molar-refractivity contribution in [2.45, 2.75) is 19.8 Å². The minimum absolute atomic E-state index is 0.00684. The summed E-state index contributed by atoms with van der Waals surface area (Å²) in [6, 6.07) is 6.69. The van der Waals surface area contributed by atoms with Crippen molar-refractivity contribution in [1.29, 1.82) is 0 Å². The van der Waals surface area contributed by atoms with Gasteiger partial charge in [0.1, 0.15) is 0 Å². The lowest BCUT2D eigenvalue weighted by Gasteiger charge is -2.09. The van der Waals surface area contributed by atoms with Gasteiger partial charge in [0, 0.05) is 27.7 Å². The number of hydrogen-bond donors (Lipinski definition) is 2. The Hall–Kier alpha value is -2.93. The number of benzene rings is 2. The molecule has 0 saturated heterocycles. The maximum absolute atomic E-state index is 14.6. The van der Waals surface area contributed by atoms with E-state index in [0.29, 0.717) is 5.02 Å². The summed E-state index contributed by atoms with van der Waals surface area (Å²) in [6.07, 6.45) is 0. The predicted molar refractivity (Wildman–Crippen MR) is 95.5 cm³/mol. The molecule has 140 valence electrons. The maximum Gasteiger partial charge on any atom is 0.310 e. The molecule has 0 bridgehead atoms. The number of phenolic OH excluding ortho intramolecular Hbond substituents is 1. The van der Waals surface area contributed by atoms with Gasteiger partial charge in [0.2, 0.25) is 0 Å². The van der Waals surface area contributed by atoms with Crippen molar-refractivity contribution < 1.29 is 28.6 Å². The fourth-order valence-electron chi connectivity index (χ4n) is 3.15. The molecule has 3 aromatic rings. The van der Waals surface area contributed by atoms with Crippen LogP contribution in [0, 0.1) is 18.6 Å². The first kappa shape index (κ1) is 18.8.